The number of hydrogen-bond donors (Lipinski definition) is 1. The maximum atomic E-state index is 12.2. The Morgan fingerprint density at radius 2 is 2.25 bits per heavy atom. The highest BCUT2D eigenvalue weighted by Gasteiger charge is 2.43. The lowest BCUT2D eigenvalue weighted by Gasteiger charge is -2.21. The lowest BCUT2D eigenvalue weighted by molar-refractivity contribution is 0.170. The van der Waals surface area contributed by atoms with Gasteiger partial charge in [-0.2, -0.15) is 5.26 Å². The van der Waals surface area contributed by atoms with Crippen LogP contribution in [0.5, 0.6) is 0 Å². The number of nitrogens with one attached hydrogen (secondary N) is 1. The summed E-state index contributed by atoms with van der Waals surface area (Å²) < 4.78 is 5.44. The van der Waals surface area contributed by atoms with E-state index >= 15 is 0 Å². The van der Waals surface area contributed by atoms with Crippen LogP contribution in [0.1, 0.15) is 32.1 Å². The van der Waals surface area contributed by atoms with Crippen LogP contribution in [0, 0.1) is 28.6 Å². The van der Waals surface area contributed by atoms with Crippen LogP contribution < -0.4 is 5.32 Å². The van der Waals surface area contributed by atoms with Crippen LogP contribution in [-0.4, -0.2) is 43.8 Å². The maximum Gasteiger partial charge on any atom is 0.317 e. The van der Waals surface area contributed by atoms with Gasteiger partial charge >= 0.3 is 6.03 Å². The second-order valence-corrected chi connectivity index (χ2v) is 6.61. The lowest BCUT2D eigenvalue weighted by atomic mass is 9.91. The second-order valence-electron chi connectivity index (χ2n) is 6.61. The van der Waals surface area contributed by atoms with Crippen molar-refractivity contribution in [2.75, 3.05) is 32.8 Å². The molecule has 0 radical (unpaired) electrons. The summed E-state index contributed by atoms with van der Waals surface area (Å²) in [4.78, 5) is 14.1. The Balaban J connectivity index is 1.43. The third-order valence-corrected chi connectivity index (χ3v) is 5.17. The highest BCUT2D eigenvalue weighted by atomic mass is 16.5. The Bertz CT molecular complexity index is 408. The van der Waals surface area contributed by atoms with Gasteiger partial charge in [0.2, 0.25) is 0 Å². The molecule has 2 unspecified atom stereocenters. The minimum Gasteiger partial charge on any atom is -0.381 e. The van der Waals surface area contributed by atoms with Crippen molar-refractivity contribution in [1.82, 2.24) is 10.2 Å². The van der Waals surface area contributed by atoms with E-state index in [1.54, 1.807) is 0 Å². The van der Waals surface area contributed by atoms with Gasteiger partial charge in [0, 0.05) is 44.7 Å². The normalized spacial score (nSPS) is 31.1. The van der Waals surface area contributed by atoms with E-state index < -0.39 is 0 Å². The van der Waals surface area contributed by atoms with Gasteiger partial charge in [-0.1, -0.05) is 0 Å². The minimum absolute atomic E-state index is 0.0515. The topological polar surface area (TPSA) is 65.4 Å². The summed E-state index contributed by atoms with van der Waals surface area (Å²) in [6.07, 6.45) is 4.96. The van der Waals surface area contributed by atoms with E-state index in [0.29, 0.717) is 24.8 Å². The van der Waals surface area contributed by atoms with Gasteiger partial charge in [-0.05, 0) is 37.5 Å². The van der Waals surface area contributed by atoms with Gasteiger partial charge in [0.05, 0.1) is 6.07 Å². The number of nitriles is 1. The summed E-state index contributed by atoms with van der Waals surface area (Å²) in [5.74, 6) is 1.25. The average Bonchev–Trinajstić information content (AvgIpc) is 2.89. The van der Waals surface area contributed by atoms with Crippen molar-refractivity contribution in [2.45, 2.75) is 32.1 Å². The van der Waals surface area contributed by atoms with Crippen LogP contribution in [0.25, 0.3) is 0 Å². The molecule has 20 heavy (non-hydrogen) atoms. The van der Waals surface area contributed by atoms with Crippen molar-refractivity contribution < 1.29 is 9.53 Å². The monoisotopic (exact) mass is 277 g/mol. The second kappa shape index (κ2) is 5.61. The fraction of sp³-hybridized carbons (Fsp3) is 0.867. The number of nitrogens with zero attached hydrogens (tertiary/aromatic N) is 2. The van der Waals surface area contributed by atoms with Crippen LogP contribution in [0.4, 0.5) is 4.79 Å². The predicted molar refractivity (Wildman–Crippen MR) is 73.9 cm³/mol. The van der Waals surface area contributed by atoms with Crippen molar-refractivity contribution in [1.29, 1.82) is 5.26 Å². The molecule has 2 amide bonds. The zero-order chi connectivity index (χ0) is 14.0. The summed E-state index contributed by atoms with van der Waals surface area (Å²) in [7, 11) is 0. The Morgan fingerprint density at radius 1 is 1.40 bits per heavy atom. The smallest absolute Gasteiger partial charge is 0.317 e. The largest absolute Gasteiger partial charge is 0.381 e. The third kappa shape index (κ3) is 2.90. The van der Waals surface area contributed by atoms with Crippen LogP contribution in [0.2, 0.25) is 0 Å². The molecule has 2 atom stereocenters. The van der Waals surface area contributed by atoms with Crippen LogP contribution in [-0.2, 0) is 4.74 Å². The lowest BCUT2D eigenvalue weighted by Crippen LogP contribution is -2.41. The number of urea groups is 1. The molecule has 0 aromatic rings. The average molecular weight is 277 g/mol. The molecule has 0 spiro atoms. The highest BCUT2D eigenvalue weighted by molar-refractivity contribution is 5.74. The number of carbonyl (C=O) groups excluding carboxylic acids is 1. The van der Waals surface area contributed by atoms with Gasteiger partial charge in [-0.3, -0.25) is 0 Å². The van der Waals surface area contributed by atoms with E-state index in [9.17, 15) is 4.79 Å². The number of amides is 2. The molecule has 5 nitrogen and oxygen atoms in total. The number of ether oxygens (including phenoxy) is 1. The van der Waals surface area contributed by atoms with E-state index in [1.165, 1.54) is 0 Å². The van der Waals surface area contributed by atoms with Crippen molar-refractivity contribution in [2.24, 2.45) is 17.3 Å². The molecule has 1 N–H and O–H groups in total. The molecule has 2 heterocycles. The Kier molecular flexibility index (Phi) is 3.84. The van der Waals surface area contributed by atoms with E-state index in [0.717, 1.165) is 52.0 Å². The van der Waals surface area contributed by atoms with Gasteiger partial charge in [0.1, 0.15) is 0 Å². The molecule has 1 saturated carbocycles. The van der Waals surface area contributed by atoms with E-state index in [2.05, 4.69) is 11.4 Å². The van der Waals surface area contributed by atoms with Crippen LogP contribution >= 0.6 is 0 Å². The molecule has 2 aliphatic heterocycles. The highest BCUT2D eigenvalue weighted by Crippen LogP contribution is 2.47. The fourth-order valence-electron chi connectivity index (χ4n) is 3.42. The summed E-state index contributed by atoms with van der Waals surface area (Å²) in [5, 5.41) is 11.8. The van der Waals surface area contributed by atoms with Crippen LogP contribution in [0.15, 0.2) is 0 Å². The zero-order valence-corrected chi connectivity index (χ0v) is 11.9. The summed E-state index contributed by atoms with van der Waals surface area (Å²) in [6.45, 7) is 4.13. The first-order chi connectivity index (χ1) is 9.72. The summed E-state index contributed by atoms with van der Waals surface area (Å²) >= 11 is 0. The molecule has 5 heteroatoms. The first-order valence-electron chi connectivity index (χ1n) is 7.70. The maximum absolute atomic E-state index is 12.2. The third-order valence-electron chi connectivity index (χ3n) is 5.17. The zero-order valence-electron chi connectivity index (χ0n) is 11.9. The molecule has 1 aliphatic carbocycles. The molecule has 110 valence electrons. The van der Waals surface area contributed by atoms with Crippen LogP contribution in [0.3, 0.4) is 0 Å². The van der Waals surface area contributed by atoms with Crippen molar-refractivity contribution in [3.63, 3.8) is 0 Å². The summed E-state index contributed by atoms with van der Waals surface area (Å²) in [6, 6.07) is 2.28. The number of carbonyl (C=O) groups is 1. The first kappa shape index (κ1) is 13.7. The predicted octanol–water partition coefficient (Wildman–Crippen LogP) is 1.75. The van der Waals surface area contributed by atoms with Gasteiger partial charge in [0.15, 0.2) is 0 Å². The molecule has 0 aromatic heterocycles. The van der Waals surface area contributed by atoms with Crippen molar-refractivity contribution >= 4 is 6.03 Å². The van der Waals surface area contributed by atoms with E-state index in [-0.39, 0.29) is 11.4 Å². The molecule has 0 bridgehead atoms. The SMILES string of the molecule is N#CCC1(CNC(=O)N2CCC(C3CCOC3)C2)CC1. The molecule has 3 fully saturated rings. The fourth-order valence-corrected chi connectivity index (χ4v) is 3.42. The first-order valence-corrected chi connectivity index (χ1v) is 7.70. The molecular weight excluding hydrogens is 254 g/mol. The Labute approximate surface area is 120 Å². The standard InChI is InChI=1S/C15H23N3O2/c16-6-5-15(3-4-15)11-17-14(19)18-7-1-12(9-18)13-2-8-20-10-13/h12-13H,1-5,7-11H2,(H,17,19). The Morgan fingerprint density at radius 3 is 2.90 bits per heavy atom. The quantitative estimate of drug-likeness (QED) is 0.851. The number of rotatable bonds is 4. The molecule has 2 saturated heterocycles. The van der Waals surface area contributed by atoms with Gasteiger partial charge < -0.3 is 15.0 Å². The molecule has 3 rings (SSSR count). The number of hydrogen-bond acceptors (Lipinski definition) is 3. The van der Waals surface area contributed by atoms with Crippen molar-refractivity contribution in [3.05, 3.63) is 0 Å². The molecular formula is C15H23N3O2. The molecule has 3 aliphatic rings. The minimum atomic E-state index is 0.0515. The number of likely N-dealkylation sites (tertiary alicyclic amines) is 1. The van der Waals surface area contributed by atoms with E-state index in [4.69, 9.17) is 10.00 Å². The molecule has 0 aromatic carbocycles. The van der Waals surface area contributed by atoms with Crippen molar-refractivity contribution in [3.8, 4) is 6.07 Å². The van der Waals surface area contributed by atoms with Gasteiger partial charge in [0.25, 0.3) is 0 Å². The summed E-state index contributed by atoms with van der Waals surface area (Å²) in [5.41, 5.74) is 0.0861. The Hall–Kier alpha value is -1.28. The van der Waals surface area contributed by atoms with Gasteiger partial charge in [-0.15, -0.1) is 0 Å². The van der Waals surface area contributed by atoms with E-state index in [1.807, 2.05) is 4.90 Å². The van der Waals surface area contributed by atoms with Gasteiger partial charge in [-0.25, -0.2) is 4.79 Å².